The van der Waals surface area contributed by atoms with Gasteiger partial charge in [-0.15, -0.1) is 0 Å². The van der Waals surface area contributed by atoms with Gasteiger partial charge in [0, 0.05) is 43.0 Å². The summed E-state index contributed by atoms with van der Waals surface area (Å²) in [6.07, 6.45) is -1.25. The molecule has 4 rings (SSSR count). The molecule has 1 aromatic carbocycles. The molecular formula is C19H18F4N4O. The minimum absolute atomic E-state index is 0.0543. The first kappa shape index (κ1) is 18.8. The first-order valence-electron chi connectivity index (χ1n) is 8.81. The molecule has 0 unspecified atom stereocenters. The Hall–Kier alpha value is -2.52. The third-order valence-corrected chi connectivity index (χ3v) is 4.80. The summed E-state index contributed by atoms with van der Waals surface area (Å²) in [7, 11) is 0. The van der Waals surface area contributed by atoms with Crippen LogP contribution in [0.3, 0.4) is 0 Å². The minimum Gasteiger partial charge on any atom is -0.366 e. The van der Waals surface area contributed by atoms with E-state index in [0.717, 1.165) is 27.6 Å². The van der Waals surface area contributed by atoms with Crippen molar-refractivity contribution in [3.63, 3.8) is 0 Å². The van der Waals surface area contributed by atoms with E-state index in [-0.39, 0.29) is 13.2 Å². The van der Waals surface area contributed by atoms with Gasteiger partial charge in [0.1, 0.15) is 0 Å². The molecule has 9 heteroatoms. The van der Waals surface area contributed by atoms with Gasteiger partial charge in [0.25, 0.3) is 0 Å². The highest BCUT2D eigenvalue weighted by Crippen LogP contribution is 2.29. The van der Waals surface area contributed by atoms with Crippen molar-refractivity contribution in [3.05, 3.63) is 48.4 Å². The van der Waals surface area contributed by atoms with E-state index in [1.807, 2.05) is 24.3 Å². The van der Waals surface area contributed by atoms with E-state index in [9.17, 15) is 17.6 Å². The minimum atomic E-state index is -4.36. The van der Waals surface area contributed by atoms with Crippen molar-refractivity contribution >= 4 is 10.9 Å². The first-order valence-corrected chi connectivity index (χ1v) is 8.81. The van der Waals surface area contributed by atoms with Crippen LogP contribution < -0.4 is 0 Å². The van der Waals surface area contributed by atoms with E-state index in [4.69, 9.17) is 4.74 Å². The predicted octanol–water partition coefficient (Wildman–Crippen LogP) is 3.79. The molecule has 1 aliphatic rings. The van der Waals surface area contributed by atoms with Gasteiger partial charge in [-0.3, -0.25) is 9.88 Å². The summed E-state index contributed by atoms with van der Waals surface area (Å²) < 4.78 is 57.5. The summed E-state index contributed by atoms with van der Waals surface area (Å²) in [5, 5.41) is 4.83. The summed E-state index contributed by atoms with van der Waals surface area (Å²) in [5.41, 5.74) is 3.25. The van der Waals surface area contributed by atoms with E-state index in [2.05, 4.69) is 10.1 Å². The molecule has 0 spiro atoms. The van der Waals surface area contributed by atoms with Crippen LogP contribution in [0.15, 0.2) is 42.9 Å². The zero-order valence-corrected chi connectivity index (χ0v) is 14.9. The normalized spacial score (nSPS) is 18.6. The molecule has 5 nitrogen and oxygen atoms in total. The SMILES string of the molecule is FCn1cc(-c2ccnc3cc(CN4CCO[C@@H](C(F)(F)F)C4)ccc23)cn1. The Morgan fingerprint density at radius 3 is 2.82 bits per heavy atom. The molecule has 0 N–H and O–H groups in total. The number of ether oxygens (including phenoxy) is 1. The van der Waals surface area contributed by atoms with Crippen molar-refractivity contribution in [2.24, 2.45) is 0 Å². The van der Waals surface area contributed by atoms with E-state index < -0.39 is 19.1 Å². The Labute approximate surface area is 158 Å². The lowest BCUT2D eigenvalue weighted by molar-refractivity contribution is -0.237. The fraction of sp³-hybridized carbons (Fsp3) is 0.368. The number of halogens is 4. The highest BCUT2D eigenvalue weighted by atomic mass is 19.4. The summed E-state index contributed by atoms with van der Waals surface area (Å²) in [4.78, 5) is 6.11. The number of benzene rings is 1. The van der Waals surface area contributed by atoms with Crippen LogP contribution in [-0.2, 0) is 18.1 Å². The zero-order chi connectivity index (χ0) is 19.7. The molecular weight excluding hydrogens is 376 g/mol. The van der Waals surface area contributed by atoms with Gasteiger partial charge in [0.15, 0.2) is 12.9 Å². The topological polar surface area (TPSA) is 43.2 Å². The molecule has 0 aliphatic carbocycles. The van der Waals surface area contributed by atoms with Gasteiger partial charge >= 0.3 is 6.18 Å². The van der Waals surface area contributed by atoms with Crippen LogP contribution in [0, 0.1) is 0 Å². The van der Waals surface area contributed by atoms with Crippen molar-refractivity contribution < 1.29 is 22.3 Å². The molecule has 0 saturated carbocycles. The molecule has 1 aliphatic heterocycles. The van der Waals surface area contributed by atoms with Gasteiger partial charge in [-0.25, -0.2) is 9.07 Å². The molecule has 2 aromatic heterocycles. The van der Waals surface area contributed by atoms with Crippen molar-refractivity contribution in [1.29, 1.82) is 0 Å². The highest BCUT2D eigenvalue weighted by molar-refractivity contribution is 5.94. The van der Waals surface area contributed by atoms with E-state index in [1.54, 1.807) is 23.5 Å². The molecule has 148 valence electrons. The number of pyridine rings is 1. The van der Waals surface area contributed by atoms with Crippen LogP contribution in [0.5, 0.6) is 0 Å². The van der Waals surface area contributed by atoms with Gasteiger partial charge in [0.05, 0.1) is 18.3 Å². The molecule has 1 saturated heterocycles. The number of rotatable bonds is 4. The Bertz CT molecular complexity index is 972. The van der Waals surface area contributed by atoms with Crippen LogP contribution in [0.1, 0.15) is 5.56 Å². The average Bonchev–Trinajstić information content (AvgIpc) is 3.16. The van der Waals surface area contributed by atoms with E-state index in [0.29, 0.717) is 13.1 Å². The number of nitrogens with zero attached hydrogens (tertiary/aromatic N) is 4. The maximum Gasteiger partial charge on any atom is 0.415 e. The van der Waals surface area contributed by atoms with Gasteiger partial charge in [0.2, 0.25) is 0 Å². The van der Waals surface area contributed by atoms with Crippen LogP contribution >= 0.6 is 0 Å². The van der Waals surface area contributed by atoms with Crippen LogP contribution in [0.2, 0.25) is 0 Å². The third-order valence-electron chi connectivity index (χ3n) is 4.80. The Balaban J connectivity index is 1.57. The largest absolute Gasteiger partial charge is 0.415 e. The molecule has 0 amide bonds. The highest BCUT2D eigenvalue weighted by Gasteiger charge is 2.43. The van der Waals surface area contributed by atoms with E-state index in [1.165, 1.54) is 4.68 Å². The second-order valence-corrected chi connectivity index (χ2v) is 6.73. The van der Waals surface area contributed by atoms with Crippen LogP contribution in [0.25, 0.3) is 22.0 Å². The predicted molar refractivity (Wildman–Crippen MR) is 95.1 cm³/mol. The molecule has 0 bridgehead atoms. The van der Waals surface area contributed by atoms with Crippen molar-refractivity contribution in [2.75, 3.05) is 19.7 Å². The van der Waals surface area contributed by atoms with Crippen molar-refractivity contribution in [2.45, 2.75) is 25.6 Å². The number of aromatic nitrogens is 3. The molecule has 28 heavy (non-hydrogen) atoms. The van der Waals surface area contributed by atoms with Gasteiger partial charge in [-0.05, 0) is 23.3 Å². The first-order chi connectivity index (χ1) is 13.4. The maximum atomic E-state index is 12.9. The second kappa shape index (κ2) is 7.48. The molecule has 3 heterocycles. The fourth-order valence-electron chi connectivity index (χ4n) is 3.41. The summed E-state index contributed by atoms with van der Waals surface area (Å²) in [6, 6.07) is 7.47. The Kier molecular flexibility index (Phi) is 5.03. The zero-order valence-electron chi connectivity index (χ0n) is 14.9. The summed E-state index contributed by atoms with van der Waals surface area (Å²) >= 11 is 0. The monoisotopic (exact) mass is 394 g/mol. The summed E-state index contributed by atoms with van der Waals surface area (Å²) in [6.45, 7) is -0.000156. The maximum absolute atomic E-state index is 12.9. The third kappa shape index (κ3) is 3.85. The lowest BCUT2D eigenvalue weighted by Gasteiger charge is -2.33. The molecule has 1 atom stereocenters. The lowest BCUT2D eigenvalue weighted by atomic mass is 10.0. The Morgan fingerprint density at radius 1 is 1.21 bits per heavy atom. The Morgan fingerprint density at radius 2 is 2.07 bits per heavy atom. The smallest absolute Gasteiger partial charge is 0.366 e. The van der Waals surface area contributed by atoms with Crippen molar-refractivity contribution in [3.8, 4) is 11.1 Å². The molecule has 1 fully saturated rings. The number of fused-ring (bicyclic) bond motifs is 1. The van der Waals surface area contributed by atoms with Gasteiger partial charge < -0.3 is 4.74 Å². The number of hydrogen-bond acceptors (Lipinski definition) is 4. The summed E-state index contributed by atoms with van der Waals surface area (Å²) in [5.74, 6) is 0. The van der Waals surface area contributed by atoms with Gasteiger partial charge in [-0.2, -0.15) is 18.3 Å². The lowest BCUT2D eigenvalue weighted by Crippen LogP contribution is -2.48. The standard InChI is InChI=1S/C19H18F4N4O/c20-12-27-10-14(8-25-27)15-3-4-24-17-7-13(1-2-16(15)17)9-26-5-6-28-18(11-26)19(21,22)23/h1-4,7-8,10,18H,5-6,9,11-12H2/t18-/m1/s1. The number of morpholine rings is 1. The van der Waals surface area contributed by atoms with Crippen LogP contribution in [0.4, 0.5) is 17.6 Å². The van der Waals surface area contributed by atoms with E-state index >= 15 is 0 Å². The van der Waals surface area contributed by atoms with Gasteiger partial charge in [-0.1, -0.05) is 12.1 Å². The molecule has 3 aromatic rings. The van der Waals surface area contributed by atoms with Crippen molar-refractivity contribution in [1.82, 2.24) is 19.7 Å². The average molecular weight is 394 g/mol. The fourth-order valence-corrected chi connectivity index (χ4v) is 3.41. The number of hydrogen-bond donors (Lipinski definition) is 0. The quantitative estimate of drug-likeness (QED) is 0.632. The second-order valence-electron chi connectivity index (χ2n) is 6.73. The molecule has 0 radical (unpaired) electrons. The number of alkyl halides is 4. The van der Waals surface area contributed by atoms with Crippen LogP contribution in [-0.4, -0.2) is 51.6 Å².